The fourth-order valence-electron chi connectivity index (χ4n) is 3.31. The summed E-state index contributed by atoms with van der Waals surface area (Å²) in [5.74, 6) is 0.854. The largest absolute Gasteiger partial charge is 0.381 e. The van der Waals surface area contributed by atoms with E-state index in [0.29, 0.717) is 45.1 Å². The van der Waals surface area contributed by atoms with Crippen molar-refractivity contribution in [1.82, 2.24) is 4.90 Å². The molecule has 0 N–H and O–H groups in total. The summed E-state index contributed by atoms with van der Waals surface area (Å²) in [5, 5.41) is 0. The molecular weight excluding hydrogens is 290 g/mol. The molecule has 1 atom stereocenters. The minimum Gasteiger partial charge on any atom is -0.381 e. The Balaban J connectivity index is 1.98. The Morgan fingerprint density at radius 3 is 2.62 bits per heavy atom. The van der Waals surface area contributed by atoms with Crippen LogP contribution in [0, 0.1) is 11.8 Å². The Bertz CT molecular complexity index is 480. The number of carbonyl (C=O) groups excluding carboxylic acids is 1. The summed E-state index contributed by atoms with van der Waals surface area (Å²) in [7, 11) is -3.10. The second-order valence-corrected chi connectivity index (χ2v) is 9.16. The maximum absolute atomic E-state index is 12.4. The Hall–Kier alpha value is -0.620. The van der Waals surface area contributed by atoms with Crippen LogP contribution >= 0.6 is 0 Å². The normalized spacial score (nSPS) is 26.3. The van der Waals surface area contributed by atoms with E-state index in [-0.39, 0.29) is 17.6 Å². The molecule has 2 heterocycles. The van der Waals surface area contributed by atoms with Crippen molar-refractivity contribution in [2.45, 2.75) is 44.8 Å². The van der Waals surface area contributed by atoms with Gasteiger partial charge in [-0.05, 0) is 25.7 Å². The lowest BCUT2D eigenvalue weighted by molar-refractivity contribution is -0.138. The van der Waals surface area contributed by atoms with Gasteiger partial charge in [0.15, 0.2) is 9.84 Å². The molecule has 0 aliphatic carbocycles. The average Bonchev–Trinajstić information content (AvgIpc) is 2.62. The van der Waals surface area contributed by atoms with Gasteiger partial charge in [0.05, 0.1) is 12.4 Å². The summed E-state index contributed by atoms with van der Waals surface area (Å²) < 4.78 is 29.5. The summed E-state index contributed by atoms with van der Waals surface area (Å²) in [6, 6.07) is 0. The van der Waals surface area contributed by atoms with Gasteiger partial charge in [0, 0.05) is 32.0 Å². The van der Waals surface area contributed by atoms with Crippen molar-refractivity contribution in [3.8, 4) is 0 Å². The van der Waals surface area contributed by atoms with Gasteiger partial charge in [-0.1, -0.05) is 13.8 Å². The van der Waals surface area contributed by atoms with Crippen LogP contribution in [0.1, 0.15) is 40.0 Å². The highest BCUT2D eigenvalue weighted by atomic mass is 32.2. The quantitative estimate of drug-likeness (QED) is 0.744. The van der Waals surface area contributed by atoms with Crippen LogP contribution in [0.5, 0.6) is 0 Å². The number of carbonyl (C=O) groups is 1. The van der Waals surface area contributed by atoms with E-state index in [4.69, 9.17) is 4.74 Å². The van der Waals surface area contributed by atoms with E-state index in [1.807, 2.05) is 6.92 Å². The van der Waals surface area contributed by atoms with Crippen molar-refractivity contribution >= 4 is 15.7 Å². The third-order valence-corrected chi connectivity index (χ3v) is 7.43. The van der Waals surface area contributed by atoms with Crippen LogP contribution in [0.15, 0.2) is 0 Å². The lowest BCUT2D eigenvalue weighted by Gasteiger charge is -2.50. The first-order valence-electron chi connectivity index (χ1n) is 7.90. The summed E-state index contributed by atoms with van der Waals surface area (Å²) in [5.41, 5.74) is 0. The molecule has 2 aliphatic heterocycles. The first kappa shape index (κ1) is 16.7. The summed E-state index contributed by atoms with van der Waals surface area (Å²) in [6.45, 7) is 7.91. The van der Waals surface area contributed by atoms with Crippen LogP contribution in [-0.2, 0) is 19.4 Å². The Morgan fingerprint density at radius 2 is 2.05 bits per heavy atom. The predicted molar refractivity (Wildman–Crippen MR) is 81.8 cm³/mol. The number of likely N-dealkylation sites (tertiary alicyclic amines) is 1. The monoisotopic (exact) mass is 317 g/mol. The van der Waals surface area contributed by atoms with E-state index in [2.05, 4.69) is 13.8 Å². The van der Waals surface area contributed by atoms with Crippen molar-refractivity contribution in [1.29, 1.82) is 0 Å². The van der Waals surface area contributed by atoms with Crippen LogP contribution in [0.2, 0.25) is 0 Å². The molecule has 122 valence electrons. The molecule has 0 saturated carbocycles. The van der Waals surface area contributed by atoms with Crippen LogP contribution in [0.4, 0.5) is 0 Å². The number of rotatable bonds is 6. The molecule has 2 aliphatic rings. The molecule has 0 aromatic rings. The van der Waals surface area contributed by atoms with E-state index in [1.165, 1.54) is 0 Å². The Kier molecular flexibility index (Phi) is 4.98. The number of hydrogen-bond acceptors (Lipinski definition) is 4. The smallest absolute Gasteiger partial charge is 0.222 e. The first-order chi connectivity index (χ1) is 9.82. The molecule has 1 amide bonds. The third kappa shape index (κ3) is 3.11. The summed E-state index contributed by atoms with van der Waals surface area (Å²) in [6.07, 6.45) is 2.04. The van der Waals surface area contributed by atoms with Gasteiger partial charge >= 0.3 is 0 Å². The van der Waals surface area contributed by atoms with Gasteiger partial charge in [-0.3, -0.25) is 4.79 Å². The van der Waals surface area contributed by atoms with Crippen molar-refractivity contribution in [2.75, 3.05) is 32.1 Å². The molecule has 6 heteroatoms. The van der Waals surface area contributed by atoms with Gasteiger partial charge in [0.1, 0.15) is 4.75 Å². The van der Waals surface area contributed by atoms with Crippen molar-refractivity contribution < 1.29 is 17.9 Å². The van der Waals surface area contributed by atoms with Gasteiger partial charge < -0.3 is 9.64 Å². The number of ether oxygens (including phenoxy) is 1. The highest BCUT2D eigenvalue weighted by Gasteiger charge is 2.62. The molecule has 5 nitrogen and oxygen atoms in total. The highest BCUT2D eigenvalue weighted by Crippen LogP contribution is 2.45. The fourth-order valence-corrected chi connectivity index (χ4v) is 5.71. The third-order valence-electron chi connectivity index (χ3n) is 4.83. The lowest BCUT2D eigenvalue weighted by Crippen LogP contribution is -2.68. The topological polar surface area (TPSA) is 63.7 Å². The zero-order chi connectivity index (χ0) is 15.7. The van der Waals surface area contributed by atoms with Crippen LogP contribution in [0.3, 0.4) is 0 Å². The SMILES string of the molecule is CCOCC1CCS(=O)(=O)C12CN(C(=O)CCC(C)C)C2. The van der Waals surface area contributed by atoms with Gasteiger partial charge in [-0.25, -0.2) is 8.42 Å². The molecule has 2 fully saturated rings. The Labute approximate surface area is 127 Å². The van der Waals surface area contributed by atoms with E-state index in [1.54, 1.807) is 4.90 Å². The second-order valence-electron chi connectivity index (χ2n) is 6.71. The summed E-state index contributed by atoms with van der Waals surface area (Å²) in [4.78, 5) is 13.8. The highest BCUT2D eigenvalue weighted by molar-refractivity contribution is 7.93. The maximum atomic E-state index is 12.4. The predicted octanol–water partition coefficient (Wildman–Crippen LogP) is 1.47. The van der Waals surface area contributed by atoms with Crippen LogP contribution < -0.4 is 0 Å². The van der Waals surface area contributed by atoms with E-state index >= 15 is 0 Å². The molecule has 0 bridgehead atoms. The number of amides is 1. The molecular formula is C15H27NO4S. The average molecular weight is 317 g/mol. The van der Waals surface area contributed by atoms with Gasteiger partial charge in [0.25, 0.3) is 0 Å². The van der Waals surface area contributed by atoms with Gasteiger partial charge in [-0.2, -0.15) is 0 Å². The zero-order valence-corrected chi connectivity index (χ0v) is 14.1. The molecule has 1 unspecified atom stereocenters. The van der Waals surface area contributed by atoms with Crippen LogP contribution in [-0.4, -0.2) is 56.0 Å². The molecule has 0 radical (unpaired) electrons. The number of nitrogens with zero attached hydrogens (tertiary/aromatic N) is 1. The standard InChI is InChI=1S/C15H27NO4S/c1-4-20-9-13-7-8-21(18,19)15(13)10-16(11-15)14(17)6-5-12(2)3/h12-13H,4-11H2,1-3H3. The lowest BCUT2D eigenvalue weighted by atomic mass is 9.83. The minimum absolute atomic E-state index is 0.0385. The molecule has 21 heavy (non-hydrogen) atoms. The number of hydrogen-bond donors (Lipinski definition) is 0. The van der Waals surface area contributed by atoms with E-state index in [9.17, 15) is 13.2 Å². The Morgan fingerprint density at radius 1 is 1.38 bits per heavy atom. The zero-order valence-electron chi connectivity index (χ0n) is 13.3. The molecule has 0 aromatic carbocycles. The maximum Gasteiger partial charge on any atom is 0.222 e. The molecule has 2 saturated heterocycles. The van der Waals surface area contributed by atoms with Gasteiger partial charge in [-0.15, -0.1) is 0 Å². The number of sulfone groups is 1. The summed E-state index contributed by atoms with van der Waals surface area (Å²) >= 11 is 0. The fraction of sp³-hybridized carbons (Fsp3) is 0.933. The van der Waals surface area contributed by atoms with E-state index in [0.717, 1.165) is 6.42 Å². The van der Waals surface area contributed by atoms with E-state index < -0.39 is 14.6 Å². The van der Waals surface area contributed by atoms with Crippen molar-refractivity contribution in [3.63, 3.8) is 0 Å². The minimum atomic E-state index is -3.10. The second kappa shape index (κ2) is 6.24. The van der Waals surface area contributed by atoms with Gasteiger partial charge in [0.2, 0.25) is 5.91 Å². The molecule has 2 rings (SSSR count). The first-order valence-corrected chi connectivity index (χ1v) is 9.55. The molecule has 1 spiro atoms. The van der Waals surface area contributed by atoms with Crippen molar-refractivity contribution in [3.05, 3.63) is 0 Å². The van der Waals surface area contributed by atoms with Crippen LogP contribution in [0.25, 0.3) is 0 Å². The molecule has 0 aromatic heterocycles. The van der Waals surface area contributed by atoms with Crippen molar-refractivity contribution in [2.24, 2.45) is 11.8 Å².